The quantitative estimate of drug-likeness (QED) is 0.467. The molecule has 0 unspecified atom stereocenters. The number of ether oxygens (including phenoxy) is 2. The second-order valence-corrected chi connectivity index (χ2v) is 8.96. The summed E-state index contributed by atoms with van der Waals surface area (Å²) in [6.07, 6.45) is 0. The number of sulfonamides is 1. The molecule has 0 aromatic heterocycles. The van der Waals surface area contributed by atoms with E-state index in [0.717, 1.165) is 28.6 Å². The third-order valence-corrected chi connectivity index (χ3v) is 6.68. The largest absolute Gasteiger partial charge is 0.495 e. The van der Waals surface area contributed by atoms with E-state index in [0.29, 0.717) is 11.1 Å². The topological polar surface area (TPSA) is 102 Å². The third-order valence-electron chi connectivity index (χ3n) is 4.91. The number of benzene rings is 3. The van der Waals surface area contributed by atoms with Gasteiger partial charge in [0.25, 0.3) is 10.0 Å². The lowest BCUT2D eigenvalue weighted by atomic mass is 10.1. The Bertz CT molecular complexity index is 1260. The molecule has 0 fully saturated rings. The van der Waals surface area contributed by atoms with Crippen LogP contribution in [0.1, 0.15) is 15.9 Å². The van der Waals surface area contributed by atoms with Gasteiger partial charge in [0, 0.05) is 6.54 Å². The van der Waals surface area contributed by atoms with Crippen LogP contribution >= 0.6 is 0 Å². The van der Waals surface area contributed by atoms with Crippen molar-refractivity contribution in [1.82, 2.24) is 5.32 Å². The maximum Gasteiger partial charge on any atom is 0.337 e. The summed E-state index contributed by atoms with van der Waals surface area (Å²) in [6, 6.07) is 17.1. The molecule has 0 heterocycles. The normalized spacial score (nSPS) is 10.9. The van der Waals surface area contributed by atoms with Crippen LogP contribution < -0.4 is 14.4 Å². The van der Waals surface area contributed by atoms with Crippen molar-refractivity contribution in [3.63, 3.8) is 0 Å². The minimum absolute atomic E-state index is 0.108. The number of carbonyl (C=O) groups is 2. The summed E-state index contributed by atoms with van der Waals surface area (Å²) in [5.74, 6) is -1.39. The van der Waals surface area contributed by atoms with Gasteiger partial charge in [0.15, 0.2) is 0 Å². The van der Waals surface area contributed by atoms with E-state index in [4.69, 9.17) is 4.74 Å². The summed E-state index contributed by atoms with van der Waals surface area (Å²) >= 11 is 0. The van der Waals surface area contributed by atoms with Crippen molar-refractivity contribution in [3.8, 4) is 5.75 Å². The predicted octanol–water partition coefficient (Wildman–Crippen LogP) is 3.13. The molecule has 8 nitrogen and oxygen atoms in total. The monoisotopic (exact) mass is 486 g/mol. The number of nitrogens with zero attached hydrogens (tertiary/aromatic N) is 1. The Balaban J connectivity index is 1.83. The highest BCUT2D eigenvalue weighted by molar-refractivity contribution is 7.92. The molecule has 0 bridgehead atoms. The lowest BCUT2D eigenvalue weighted by molar-refractivity contribution is -0.119. The van der Waals surface area contributed by atoms with Crippen LogP contribution in [0.2, 0.25) is 0 Å². The standard InChI is InChI=1S/C24H23FN2O6S/c1-32-22-6-4-3-5-21(22)27(34(30,31)20-13-11-19(25)12-14-20)16-23(28)26-15-17-7-9-18(10-8-17)24(29)33-2/h3-14H,15-16H2,1-2H3,(H,26,28). The lowest BCUT2D eigenvalue weighted by Gasteiger charge is -2.25. The van der Waals surface area contributed by atoms with Crippen molar-refractivity contribution in [2.75, 3.05) is 25.1 Å². The van der Waals surface area contributed by atoms with Crippen LogP contribution in [-0.2, 0) is 26.1 Å². The van der Waals surface area contributed by atoms with E-state index in [1.54, 1.807) is 42.5 Å². The summed E-state index contributed by atoms with van der Waals surface area (Å²) in [7, 11) is -1.55. The number of amides is 1. The molecule has 0 atom stereocenters. The molecule has 0 spiro atoms. The number of nitrogens with one attached hydrogen (secondary N) is 1. The number of anilines is 1. The molecule has 34 heavy (non-hydrogen) atoms. The highest BCUT2D eigenvalue weighted by atomic mass is 32.2. The summed E-state index contributed by atoms with van der Waals surface area (Å²) in [5.41, 5.74) is 1.23. The fourth-order valence-corrected chi connectivity index (χ4v) is 4.56. The van der Waals surface area contributed by atoms with Crippen LogP contribution in [0.3, 0.4) is 0 Å². The van der Waals surface area contributed by atoms with Gasteiger partial charge in [-0.15, -0.1) is 0 Å². The second kappa shape index (κ2) is 10.8. The maximum atomic E-state index is 13.4. The van der Waals surface area contributed by atoms with E-state index >= 15 is 0 Å². The molecule has 178 valence electrons. The first kappa shape index (κ1) is 24.7. The fourth-order valence-electron chi connectivity index (χ4n) is 3.13. The zero-order valence-corrected chi connectivity index (χ0v) is 19.3. The average Bonchev–Trinajstić information content (AvgIpc) is 2.86. The predicted molar refractivity (Wildman–Crippen MR) is 124 cm³/mol. The molecule has 3 rings (SSSR count). The van der Waals surface area contributed by atoms with Crippen molar-refractivity contribution in [2.45, 2.75) is 11.4 Å². The van der Waals surface area contributed by atoms with Crippen LogP contribution in [0.5, 0.6) is 5.75 Å². The summed E-state index contributed by atoms with van der Waals surface area (Å²) < 4.78 is 51.0. The Morgan fingerprint density at radius 3 is 2.21 bits per heavy atom. The van der Waals surface area contributed by atoms with Crippen molar-refractivity contribution >= 4 is 27.6 Å². The molecule has 0 aliphatic carbocycles. The number of esters is 1. The first-order valence-corrected chi connectivity index (χ1v) is 11.6. The highest BCUT2D eigenvalue weighted by Gasteiger charge is 2.29. The van der Waals surface area contributed by atoms with Gasteiger partial charge in [-0.2, -0.15) is 0 Å². The molecule has 0 aliphatic rings. The van der Waals surface area contributed by atoms with Crippen LogP contribution in [0, 0.1) is 5.82 Å². The number of rotatable bonds is 9. The molecule has 0 aliphatic heterocycles. The van der Waals surface area contributed by atoms with Gasteiger partial charge >= 0.3 is 5.97 Å². The fraction of sp³-hybridized carbons (Fsp3) is 0.167. The summed E-state index contributed by atoms with van der Waals surface area (Å²) in [4.78, 5) is 24.1. The van der Waals surface area contributed by atoms with E-state index in [-0.39, 0.29) is 22.9 Å². The Morgan fingerprint density at radius 1 is 0.941 bits per heavy atom. The van der Waals surface area contributed by atoms with Crippen LogP contribution in [0.15, 0.2) is 77.7 Å². The maximum absolute atomic E-state index is 13.4. The van der Waals surface area contributed by atoms with Crippen molar-refractivity contribution in [1.29, 1.82) is 0 Å². The lowest BCUT2D eigenvalue weighted by Crippen LogP contribution is -2.40. The van der Waals surface area contributed by atoms with E-state index in [1.807, 2.05) is 0 Å². The number of methoxy groups -OCH3 is 2. The Morgan fingerprint density at radius 2 is 1.59 bits per heavy atom. The zero-order valence-electron chi connectivity index (χ0n) is 18.5. The molecule has 1 amide bonds. The van der Waals surface area contributed by atoms with Crippen molar-refractivity contribution in [3.05, 3.63) is 89.7 Å². The smallest absolute Gasteiger partial charge is 0.337 e. The minimum atomic E-state index is -4.23. The van der Waals surface area contributed by atoms with Gasteiger partial charge in [-0.3, -0.25) is 9.10 Å². The molecule has 0 saturated heterocycles. The molecule has 10 heteroatoms. The molecular weight excluding hydrogens is 463 g/mol. The molecule has 1 N–H and O–H groups in total. The second-order valence-electron chi connectivity index (χ2n) is 7.10. The van der Waals surface area contributed by atoms with Gasteiger partial charge in [0.05, 0.1) is 30.4 Å². The van der Waals surface area contributed by atoms with Gasteiger partial charge in [-0.1, -0.05) is 24.3 Å². The zero-order chi connectivity index (χ0) is 24.7. The molecular formula is C24H23FN2O6S. The van der Waals surface area contributed by atoms with Crippen LogP contribution in [-0.4, -0.2) is 41.1 Å². The summed E-state index contributed by atoms with van der Waals surface area (Å²) in [5, 5.41) is 2.67. The Hall–Kier alpha value is -3.92. The van der Waals surface area contributed by atoms with E-state index < -0.39 is 34.3 Å². The Kier molecular flexibility index (Phi) is 7.85. The van der Waals surface area contributed by atoms with Gasteiger partial charge < -0.3 is 14.8 Å². The van der Waals surface area contributed by atoms with Crippen LogP contribution in [0.4, 0.5) is 10.1 Å². The summed E-state index contributed by atoms with van der Waals surface area (Å²) in [6.45, 7) is -0.434. The van der Waals surface area contributed by atoms with Gasteiger partial charge in [0.2, 0.25) is 5.91 Å². The van der Waals surface area contributed by atoms with Crippen LogP contribution in [0.25, 0.3) is 0 Å². The van der Waals surface area contributed by atoms with Gasteiger partial charge in [-0.05, 0) is 54.1 Å². The molecule has 3 aromatic rings. The van der Waals surface area contributed by atoms with Gasteiger partial charge in [-0.25, -0.2) is 17.6 Å². The number of hydrogen-bond donors (Lipinski definition) is 1. The minimum Gasteiger partial charge on any atom is -0.495 e. The number of halogens is 1. The van der Waals surface area contributed by atoms with Gasteiger partial charge in [0.1, 0.15) is 18.1 Å². The van der Waals surface area contributed by atoms with Crippen molar-refractivity contribution in [2.24, 2.45) is 0 Å². The van der Waals surface area contributed by atoms with E-state index in [2.05, 4.69) is 10.1 Å². The SMILES string of the molecule is COC(=O)c1ccc(CNC(=O)CN(c2ccccc2OC)S(=O)(=O)c2ccc(F)cc2)cc1. The van der Waals surface area contributed by atoms with E-state index in [9.17, 15) is 22.4 Å². The average molecular weight is 487 g/mol. The number of hydrogen-bond acceptors (Lipinski definition) is 6. The third kappa shape index (κ3) is 5.70. The van der Waals surface area contributed by atoms with Crippen molar-refractivity contribution < 1.29 is 31.9 Å². The first-order valence-electron chi connectivity index (χ1n) is 10.1. The highest BCUT2D eigenvalue weighted by Crippen LogP contribution is 2.32. The Labute approximate surface area is 197 Å². The first-order chi connectivity index (χ1) is 16.3. The van der Waals surface area contributed by atoms with E-state index in [1.165, 1.54) is 20.3 Å². The number of carbonyl (C=O) groups excluding carboxylic acids is 2. The number of para-hydroxylation sites is 2. The molecule has 0 radical (unpaired) electrons. The molecule has 3 aromatic carbocycles. The molecule has 0 saturated carbocycles.